The number of hydrogen-bond acceptors (Lipinski definition) is 6. The number of carbonyl (C=O) groups excluding carboxylic acids is 2. The zero-order valence-electron chi connectivity index (χ0n) is 22.5. The van der Waals surface area contributed by atoms with E-state index in [2.05, 4.69) is 65.0 Å². The summed E-state index contributed by atoms with van der Waals surface area (Å²) in [5.74, 6) is 0.104. The third-order valence-electron chi connectivity index (χ3n) is 6.78. The van der Waals surface area contributed by atoms with Crippen molar-refractivity contribution in [3.63, 3.8) is 0 Å². The van der Waals surface area contributed by atoms with Gasteiger partial charge < -0.3 is 10.6 Å². The Morgan fingerprint density at radius 1 is 0.951 bits per heavy atom. The molecule has 3 amide bonds. The molecule has 0 spiro atoms. The van der Waals surface area contributed by atoms with Crippen LogP contribution < -0.4 is 15.5 Å². The maximum Gasteiger partial charge on any atom is 0.326 e. The van der Waals surface area contributed by atoms with Gasteiger partial charge in [0.25, 0.3) is 0 Å². The molecule has 1 aliphatic heterocycles. The van der Waals surface area contributed by atoms with Gasteiger partial charge in [0, 0.05) is 25.9 Å². The predicted octanol–water partition coefficient (Wildman–Crippen LogP) is 8.17. The van der Waals surface area contributed by atoms with Crippen LogP contribution in [-0.4, -0.2) is 34.0 Å². The molecule has 206 valence electrons. The molecular formula is C32H28N4O2S3. The minimum Gasteiger partial charge on any atom is -0.307 e. The molecule has 0 bridgehead atoms. The van der Waals surface area contributed by atoms with Gasteiger partial charge in [0.05, 0.1) is 28.4 Å². The third-order valence-corrected chi connectivity index (χ3v) is 9.97. The number of hydrogen-bond donors (Lipinski definition) is 2. The van der Waals surface area contributed by atoms with Crippen LogP contribution in [0.25, 0.3) is 11.3 Å². The number of carbonyl (C=O) groups is 2. The Kier molecular flexibility index (Phi) is 8.00. The molecule has 3 aromatic carbocycles. The predicted molar refractivity (Wildman–Crippen MR) is 172 cm³/mol. The fourth-order valence-corrected chi connectivity index (χ4v) is 7.67. The number of nitrogens with zero attached hydrogens (tertiary/aromatic N) is 2. The first-order valence-corrected chi connectivity index (χ1v) is 15.9. The first-order valence-electron chi connectivity index (χ1n) is 13.2. The van der Waals surface area contributed by atoms with Crippen molar-refractivity contribution in [1.29, 1.82) is 0 Å². The van der Waals surface area contributed by atoms with Crippen LogP contribution in [0.5, 0.6) is 0 Å². The molecule has 0 radical (unpaired) electrons. The molecule has 2 N–H and O–H groups in total. The second-order valence-corrected chi connectivity index (χ2v) is 13.2. The number of para-hydroxylation sites is 1. The van der Waals surface area contributed by atoms with Crippen molar-refractivity contribution in [3.8, 4) is 11.3 Å². The van der Waals surface area contributed by atoms with Crippen LogP contribution in [0.15, 0.2) is 107 Å². The van der Waals surface area contributed by atoms with Crippen LogP contribution in [0.3, 0.4) is 0 Å². The van der Waals surface area contributed by atoms with E-state index in [0.29, 0.717) is 10.8 Å². The first kappa shape index (κ1) is 27.4. The van der Waals surface area contributed by atoms with Crippen molar-refractivity contribution >= 4 is 63.3 Å². The largest absolute Gasteiger partial charge is 0.326 e. The fourth-order valence-electron chi connectivity index (χ4n) is 4.81. The number of aromatic nitrogens is 1. The highest BCUT2D eigenvalue weighted by Gasteiger charge is 2.36. The topological polar surface area (TPSA) is 74.3 Å². The molecule has 9 heteroatoms. The highest BCUT2D eigenvalue weighted by Crippen LogP contribution is 2.43. The summed E-state index contributed by atoms with van der Waals surface area (Å²) in [4.78, 5) is 35.9. The Hall–Kier alpha value is -3.79. The number of fused-ring (bicyclic) bond motifs is 2. The van der Waals surface area contributed by atoms with Gasteiger partial charge in [-0.1, -0.05) is 72.3 Å². The highest BCUT2D eigenvalue weighted by molar-refractivity contribution is 8.00. The molecule has 2 aliphatic rings. The average molecular weight is 597 g/mol. The highest BCUT2D eigenvalue weighted by atomic mass is 32.2. The summed E-state index contributed by atoms with van der Waals surface area (Å²) < 4.78 is 0. The maximum atomic E-state index is 13.6. The summed E-state index contributed by atoms with van der Waals surface area (Å²) in [6.45, 7) is 4.07. The van der Waals surface area contributed by atoms with E-state index in [0.717, 1.165) is 31.6 Å². The van der Waals surface area contributed by atoms with Crippen LogP contribution in [0.1, 0.15) is 10.4 Å². The number of thiazole rings is 1. The summed E-state index contributed by atoms with van der Waals surface area (Å²) in [6, 6.07) is 23.6. The van der Waals surface area contributed by atoms with Gasteiger partial charge in [-0.25, -0.2) is 9.78 Å². The third kappa shape index (κ3) is 6.12. The second kappa shape index (κ2) is 12.0. The number of rotatable bonds is 6. The molecule has 2 unspecified atom stereocenters. The van der Waals surface area contributed by atoms with Gasteiger partial charge in [0.2, 0.25) is 5.91 Å². The van der Waals surface area contributed by atoms with Crippen molar-refractivity contribution in [2.45, 2.75) is 34.9 Å². The van der Waals surface area contributed by atoms with Crippen LogP contribution in [0.4, 0.5) is 21.3 Å². The second-order valence-electron chi connectivity index (χ2n) is 9.77. The van der Waals surface area contributed by atoms with Crippen molar-refractivity contribution in [3.05, 3.63) is 108 Å². The average Bonchev–Trinajstić information content (AvgIpc) is 3.34. The van der Waals surface area contributed by atoms with E-state index in [9.17, 15) is 9.59 Å². The zero-order valence-corrected chi connectivity index (χ0v) is 25.0. The van der Waals surface area contributed by atoms with Crippen molar-refractivity contribution < 1.29 is 9.59 Å². The van der Waals surface area contributed by atoms with E-state index in [1.54, 1.807) is 11.8 Å². The quantitative estimate of drug-likeness (QED) is 0.220. The number of urea groups is 1. The van der Waals surface area contributed by atoms with Gasteiger partial charge in [-0.3, -0.25) is 9.69 Å². The molecule has 2 heterocycles. The van der Waals surface area contributed by atoms with Gasteiger partial charge in [-0.2, -0.15) is 0 Å². The van der Waals surface area contributed by atoms with Gasteiger partial charge in [0.1, 0.15) is 0 Å². The number of benzene rings is 3. The number of anilines is 3. The van der Waals surface area contributed by atoms with E-state index < -0.39 is 0 Å². The standard InChI is InChI=1S/C32H28N4O2S3/c1-20-14-16-22(17-15-20)30-21(2)40-31(35-30)34-29(37)19-39-24-9-7-8-23(18-24)33-32(38)36-25-10-3-5-12-27(25)41-28-13-6-4-11-26(28)36/h3-18,25,27H,19H2,1-2H3,(H,33,38)(H,34,35,37). The Labute approximate surface area is 252 Å². The lowest BCUT2D eigenvalue weighted by Gasteiger charge is -2.40. The lowest BCUT2D eigenvalue weighted by Crippen LogP contribution is -2.49. The summed E-state index contributed by atoms with van der Waals surface area (Å²) in [5, 5.41) is 6.77. The Balaban J connectivity index is 1.09. The van der Waals surface area contributed by atoms with Gasteiger partial charge in [0.15, 0.2) is 5.13 Å². The Bertz CT molecular complexity index is 1660. The van der Waals surface area contributed by atoms with Crippen LogP contribution >= 0.6 is 34.9 Å². The molecule has 4 aromatic rings. The van der Waals surface area contributed by atoms with E-state index in [4.69, 9.17) is 0 Å². The molecule has 6 nitrogen and oxygen atoms in total. The zero-order chi connectivity index (χ0) is 28.3. The number of nitrogens with one attached hydrogen (secondary N) is 2. The number of aryl methyl sites for hydroxylation is 2. The van der Waals surface area contributed by atoms with Crippen LogP contribution in [0, 0.1) is 13.8 Å². The lowest BCUT2D eigenvalue weighted by atomic mass is 10.1. The molecule has 1 aromatic heterocycles. The molecular weight excluding hydrogens is 569 g/mol. The summed E-state index contributed by atoms with van der Waals surface area (Å²) in [6.07, 6.45) is 8.25. The van der Waals surface area contributed by atoms with Crippen molar-refractivity contribution in [2.24, 2.45) is 0 Å². The molecule has 0 fully saturated rings. The van der Waals surface area contributed by atoms with Gasteiger partial charge >= 0.3 is 6.03 Å². The van der Waals surface area contributed by atoms with Crippen molar-refractivity contribution in [1.82, 2.24) is 4.98 Å². The van der Waals surface area contributed by atoms with E-state index in [1.807, 2.05) is 66.4 Å². The summed E-state index contributed by atoms with van der Waals surface area (Å²) >= 11 is 4.67. The molecule has 0 saturated heterocycles. The maximum absolute atomic E-state index is 13.6. The lowest BCUT2D eigenvalue weighted by molar-refractivity contribution is -0.113. The molecule has 1 aliphatic carbocycles. The summed E-state index contributed by atoms with van der Waals surface area (Å²) in [5.41, 5.74) is 4.71. The van der Waals surface area contributed by atoms with E-state index in [1.165, 1.54) is 28.7 Å². The summed E-state index contributed by atoms with van der Waals surface area (Å²) in [7, 11) is 0. The monoisotopic (exact) mass is 596 g/mol. The Morgan fingerprint density at radius 2 is 1.76 bits per heavy atom. The van der Waals surface area contributed by atoms with E-state index >= 15 is 0 Å². The fraction of sp³-hybridized carbons (Fsp3) is 0.156. The number of amides is 3. The van der Waals surface area contributed by atoms with Crippen molar-refractivity contribution in [2.75, 3.05) is 21.3 Å². The minimum absolute atomic E-state index is 0.0674. The first-order chi connectivity index (χ1) is 19.9. The van der Waals surface area contributed by atoms with E-state index in [-0.39, 0.29) is 29.0 Å². The molecule has 0 saturated carbocycles. The molecule has 2 atom stereocenters. The molecule has 6 rings (SSSR count). The number of thioether (sulfide) groups is 2. The normalized spacial score (nSPS) is 17.1. The minimum atomic E-state index is -0.184. The Morgan fingerprint density at radius 3 is 2.61 bits per heavy atom. The van der Waals surface area contributed by atoms with Gasteiger partial charge in [-0.15, -0.1) is 34.9 Å². The molecule has 41 heavy (non-hydrogen) atoms. The van der Waals surface area contributed by atoms with Gasteiger partial charge in [-0.05, 0) is 44.2 Å². The van der Waals surface area contributed by atoms with Crippen LogP contribution in [-0.2, 0) is 4.79 Å². The SMILES string of the molecule is Cc1ccc(-c2nc(NC(=O)CSc3cccc(NC(=O)N4c5ccccc5SC5C=CC=CC54)c3)sc2C)cc1. The van der Waals surface area contributed by atoms with Crippen LogP contribution in [0.2, 0.25) is 0 Å². The smallest absolute Gasteiger partial charge is 0.307 e. The number of allylic oxidation sites excluding steroid dienone is 2.